The van der Waals surface area contributed by atoms with E-state index >= 15 is 0 Å². The fraction of sp³-hybridized carbons (Fsp3) is 0. The van der Waals surface area contributed by atoms with Gasteiger partial charge in [-0.05, 0) is 94.3 Å². The number of fused-ring (bicyclic) bond motifs is 9. The molecule has 10 aromatic carbocycles. The summed E-state index contributed by atoms with van der Waals surface area (Å²) in [7, 11) is 0. The predicted molar refractivity (Wildman–Crippen MR) is 218 cm³/mol. The number of hydrogen-bond acceptors (Lipinski definition) is 1. The van der Waals surface area contributed by atoms with E-state index in [4.69, 9.17) is 4.42 Å². The first-order valence-electron chi connectivity index (χ1n) is 17.6. The minimum Gasteiger partial charge on any atom is -0.455 e. The standard InChI is InChI=1S/C50H30O/c1-3-16-34-31(13-1)15-11-23-35(34)33-27-28-42-46(30-33)49(45-29-32-14-2-4-17-36(32)37-18-5-6-19-38(37)45)41-22-8-7-21-40(41)48(42)44-25-12-24-43-39-20-9-10-26-47(39)51-50(43)44/h1-30H. The van der Waals surface area contributed by atoms with Gasteiger partial charge in [-0.1, -0.05) is 164 Å². The Morgan fingerprint density at radius 3 is 1.65 bits per heavy atom. The lowest BCUT2D eigenvalue weighted by Gasteiger charge is -2.20. The summed E-state index contributed by atoms with van der Waals surface area (Å²) < 4.78 is 6.70. The molecule has 0 saturated heterocycles. The smallest absolute Gasteiger partial charge is 0.143 e. The van der Waals surface area contributed by atoms with Crippen LogP contribution in [0.4, 0.5) is 0 Å². The van der Waals surface area contributed by atoms with E-state index in [9.17, 15) is 0 Å². The maximum Gasteiger partial charge on any atom is 0.143 e. The Morgan fingerprint density at radius 2 is 0.824 bits per heavy atom. The van der Waals surface area contributed by atoms with Gasteiger partial charge >= 0.3 is 0 Å². The third-order valence-corrected chi connectivity index (χ3v) is 10.8. The lowest BCUT2D eigenvalue weighted by molar-refractivity contribution is 0.670. The molecule has 51 heavy (non-hydrogen) atoms. The molecule has 0 atom stereocenters. The molecular formula is C50H30O. The van der Waals surface area contributed by atoms with Gasteiger partial charge in [-0.15, -0.1) is 0 Å². The maximum absolute atomic E-state index is 6.70. The normalized spacial score (nSPS) is 11.9. The zero-order chi connectivity index (χ0) is 33.5. The maximum atomic E-state index is 6.70. The quantitative estimate of drug-likeness (QED) is 0.138. The van der Waals surface area contributed by atoms with Crippen molar-refractivity contribution >= 4 is 75.8 Å². The van der Waals surface area contributed by atoms with Gasteiger partial charge in [-0.2, -0.15) is 0 Å². The minimum atomic E-state index is 0.908. The molecule has 1 aromatic heterocycles. The summed E-state index contributed by atoms with van der Waals surface area (Å²) in [6.07, 6.45) is 0. The molecule has 0 saturated carbocycles. The van der Waals surface area contributed by atoms with Crippen LogP contribution in [-0.2, 0) is 0 Å². The molecule has 0 radical (unpaired) electrons. The SMILES string of the molecule is c1ccc2c(-c3ccc4c(-c5cccc6c5oc5ccccc56)c5ccccc5c(-c5cc6ccccc6c6ccccc56)c4c3)cccc2c1. The molecule has 11 aromatic rings. The average Bonchev–Trinajstić information content (AvgIpc) is 3.59. The van der Waals surface area contributed by atoms with Gasteiger partial charge in [0.15, 0.2) is 0 Å². The lowest BCUT2D eigenvalue weighted by atomic mass is 9.82. The zero-order valence-corrected chi connectivity index (χ0v) is 27.7. The highest BCUT2D eigenvalue weighted by Crippen LogP contribution is 2.49. The first-order chi connectivity index (χ1) is 25.3. The van der Waals surface area contributed by atoms with Crippen LogP contribution in [0.2, 0.25) is 0 Å². The summed E-state index contributed by atoms with van der Waals surface area (Å²) in [5.41, 5.74) is 9.08. The molecule has 1 heterocycles. The number of rotatable bonds is 3. The number of benzene rings is 10. The second kappa shape index (κ2) is 10.9. The lowest BCUT2D eigenvalue weighted by Crippen LogP contribution is -1.93. The third kappa shape index (κ3) is 4.16. The molecule has 1 nitrogen and oxygen atoms in total. The highest BCUT2D eigenvalue weighted by molar-refractivity contribution is 6.28. The van der Waals surface area contributed by atoms with E-state index in [2.05, 4.69) is 176 Å². The molecule has 0 N–H and O–H groups in total. The van der Waals surface area contributed by atoms with Crippen molar-refractivity contribution in [2.75, 3.05) is 0 Å². The molecule has 0 aliphatic carbocycles. The molecule has 0 fully saturated rings. The Balaban J connectivity index is 1.34. The van der Waals surface area contributed by atoms with Crippen LogP contribution in [-0.4, -0.2) is 0 Å². The highest BCUT2D eigenvalue weighted by Gasteiger charge is 2.22. The van der Waals surface area contributed by atoms with Crippen LogP contribution in [0, 0.1) is 0 Å². The van der Waals surface area contributed by atoms with Crippen LogP contribution in [0.1, 0.15) is 0 Å². The number of para-hydroxylation sites is 2. The summed E-state index contributed by atoms with van der Waals surface area (Å²) in [6.45, 7) is 0. The minimum absolute atomic E-state index is 0.908. The zero-order valence-electron chi connectivity index (χ0n) is 27.7. The Hall–Kier alpha value is -6.70. The van der Waals surface area contributed by atoms with E-state index in [0.29, 0.717) is 0 Å². The topological polar surface area (TPSA) is 13.1 Å². The van der Waals surface area contributed by atoms with Gasteiger partial charge in [0.05, 0.1) is 0 Å². The first kappa shape index (κ1) is 28.2. The summed E-state index contributed by atoms with van der Waals surface area (Å²) in [4.78, 5) is 0. The summed E-state index contributed by atoms with van der Waals surface area (Å²) in [5.74, 6) is 0. The first-order valence-corrected chi connectivity index (χ1v) is 17.6. The van der Waals surface area contributed by atoms with E-state index < -0.39 is 0 Å². The fourth-order valence-electron chi connectivity index (χ4n) is 8.61. The second-order valence-corrected chi connectivity index (χ2v) is 13.6. The van der Waals surface area contributed by atoms with E-state index in [1.54, 1.807) is 0 Å². The van der Waals surface area contributed by atoms with Gasteiger partial charge < -0.3 is 4.42 Å². The van der Waals surface area contributed by atoms with Gasteiger partial charge in [0.2, 0.25) is 0 Å². The molecule has 0 aliphatic heterocycles. The monoisotopic (exact) mass is 646 g/mol. The predicted octanol–water partition coefficient (Wildman–Crippen LogP) is 14.4. The Bertz CT molecular complexity index is 3190. The number of furan rings is 1. The van der Waals surface area contributed by atoms with E-state index in [1.165, 1.54) is 81.7 Å². The van der Waals surface area contributed by atoms with Crippen molar-refractivity contribution in [3.63, 3.8) is 0 Å². The molecule has 0 amide bonds. The molecule has 0 bridgehead atoms. The molecule has 236 valence electrons. The van der Waals surface area contributed by atoms with Crippen LogP contribution in [0.15, 0.2) is 186 Å². The average molecular weight is 647 g/mol. The van der Waals surface area contributed by atoms with Gasteiger partial charge in [0, 0.05) is 21.9 Å². The van der Waals surface area contributed by atoms with E-state index in [1.807, 2.05) is 6.07 Å². The summed E-state index contributed by atoms with van der Waals surface area (Å²) >= 11 is 0. The Labute approximate surface area is 294 Å². The van der Waals surface area contributed by atoms with Crippen molar-refractivity contribution in [3.05, 3.63) is 182 Å². The van der Waals surface area contributed by atoms with Crippen molar-refractivity contribution in [2.45, 2.75) is 0 Å². The third-order valence-electron chi connectivity index (χ3n) is 10.8. The van der Waals surface area contributed by atoms with Gasteiger partial charge in [0.25, 0.3) is 0 Å². The van der Waals surface area contributed by atoms with Crippen LogP contribution < -0.4 is 0 Å². The van der Waals surface area contributed by atoms with Crippen molar-refractivity contribution in [1.82, 2.24) is 0 Å². The van der Waals surface area contributed by atoms with Gasteiger partial charge in [0.1, 0.15) is 11.2 Å². The summed E-state index contributed by atoms with van der Waals surface area (Å²) in [5, 5.41) is 14.7. The van der Waals surface area contributed by atoms with Crippen molar-refractivity contribution in [1.29, 1.82) is 0 Å². The van der Waals surface area contributed by atoms with Gasteiger partial charge in [-0.3, -0.25) is 0 Å². The van der Waals surface area contributed by atoms with Crippen LogP contribution in [0.5, 0.6) is 0 Å². The molecule has 0 unspecified atom stereocenters. The molecule has 11 rings (SSSR count). The van der Waals surface area contributed by atoms with Crippen molar-refractivity contribution in [3.8, 4) is 33.4 Å². The Morgan fingerprint density at radius 1 is 0.275 bits per heavy atom. The van der Waals surface area contributed by atoms with E-state index in [-0.39, 0.29) is 0 Å². The van der Waals surface area contributed by atoms with Crippen molar-refractivity contribution < 1.29 is 4.42 Å². The highest BCUT2D eigenvalue weighted by atomic mass is 16.3. The molecular weight excluding hydrogens is 617 g/mol. The van der Waals surface area contributed by atoms with Crippen LogP contribution >= 0.6 is 0 Å². The second-order valence-electron chi connectivity index (χ2n) is 13.6. The molecule has 0 aliphatic rings. The van der Waals surface area contributed by atoms with Crippen LogP contribution in [0.25, 0.3) is 109 Å². The van der Waals surface area contributed by atoms with Crippen molar-refractivity contribution in [2.24, 2.45) is 0 Å². The fourth-order valence-corrected chi connectivity index (χ4v) is 8.61. The number of hydrogen-bond donors (Lipinski definition) is 0. The van der Waals surface area contributed by atoms with Crippen LogP contribution in [0.3, 0.4) is 0 Å². The molecule has 1 heteroatoms. The summed E-state index contributed by atoms with van der Waals surface area (Å²) in [6, 6.07) is 66.4. The molecule has 0 spiro atoms. The van der Waals surface area contributed by atoms with E-state index in [0.717, 1.165) is 27.5 Å². The largest absolute Gasteiger partial charge is 0.455 e. The van der Waals surface area contributed by atoms with Gasteiger partial charge in [-0.25, -0.2) is 0 Å². The Kier molecular flexibility index (Phi) is 6.02.